The maximum Gasteiger partial charge on any atom is 0.0203 e. The van der Waals surface area contributed by atoms with Gasteiger partial charge < -0.3 is 0 Å². The third-order valence-corrected chi connectivity index (χ3v) is 3.29. The predicted octanol–water partition coefficient (Wildman–Crippen LogP) is 4.11. The minimum Gasteiger partial charge on any atom is -0.100 e. The van der Waals surface area contributed by atoms with Gasteiger partial charge in [0.15, 0.2) is 0 Å². The molecule has 14 heavy (non-hydrogen) atoms. The molecule has 80 valence electrons. The summed E-state index contributed by atoms with van der Waals surface area (Å²) < 4.78 is 0. The highest BCUT2D eigenvalue weighted by Gasteiger charge is 2.21. The third-order valence-electron chi connectivity index (χ3n) is 3.29. The molecule has 0 spiro atoms. The van der Waals surface area contributed by atoms with Gasteiger partial charge in [0.25, 0.3) is 0 Å². The molecule has 0 saturated heterocycles. The van der Waals surface area contributed by atoms with Crippen LogP contribution in [0.3, 0.4) is 0 Å². The molecule has 0 aromatic heterocycles. The first-order chi connectivity index (χ1) is 6.59. The topological polar surface area (TPSA) is 0 Å². The van der Waals surface area contributed by atoms with Crippen molar-refractivity contribution in [3.63, 3.8) is 0 Å². The molecule has 0 nitrogen and oxygen atoms in total. The Labute approximate surface area is 89.5 Å². The van der Waals surface area contributed by atoms with Gasteiger partial charge in [-0.2, -0.15) is 0 Å². The zero-order valence-corrected chi connectivity index (χ0v) is 10.1. The third kappa shape index (κ3) is 3.74. The van der Waals surface area contributed by atoms with E-state index in [1.54, 1.807) is 0 Å². The summed E-state index contributed by atoms with van der Waals surface area (Å²) in [5.41, 5.74) is 0. The van der Waals surface area contributed by atoms with Crippen molar-refractivity contribution in [2.24, 2.45) is 23.7 Å². The molecular formula is C14H24. The van der Waals surface area contributed by atoms with Gasteiger partial charge in [-0.25, -0.2) is 0 Å². The first-order valence-electron chi connectivity index (χ1n) is 6.10. The van der Waals surface area contributed by atoms with Crippen molar-refractivity contribution in [3.8, 4) is 11.8 Å². The summed E-state index contributed by atoms with van der Waals surface area (Å²) in [5.74, 6) is 9.82. The number of rotatable bonds is 1. The Balaban J connectivity index is 2.33. The van der Waals surface area contributed by atoms with E-state index < -0.39 is 0 Å². The highest BCUT2D eigenvalue weighted by atomic mass is 14.3. The zero-order valence-electron chi connectivity index (χ0n) is 10.1. The average molecular weight is 192 g/mol. The average Bonchev–Trinajstić information content (AvgIpc) is 2.15. The van der Waals surface area contributed by atoms with E-state index in [1.165, 1.54) is 25.7 Å². The maximum absolute atomic E-state index is 3.43. The summed E-state index contributed by atoms with van der Waals surface area (Å²) in [4.78, 5) is 0. The van der Waals surface area contributed by atoms with E-state index in [2.05, 4.69) is 39.5 Å². The van der Waals surface area contributed by atoms with Gasteiger partial charge in [-0.1, -0.05) is 33.6 Å². The molecule has 1 saturated carbocycles. The van der Waals surface area contributed by atoms with Crippen LogP contribution in [0.5, 0.6) is 0 Å². The van der Waals surface area contributed by atoms with Crippen molar-refractivity contribution in [2.45, 2.75) is 53.4 Å². The summed E-state index contributed by atoms with van der Waals surface area (Å²) >= 11 is 0. The molecule has 0 amide bonds. The summed E-state index contributed by atoms with van der Waals surface area (Å²) in [5, 5.41) is 0. The van der Waals surface area contributed by atoms with Crippen LogP contribution in [0.15, 0.2) is 0 Å². The van der Waals surface area contributed by atoms with Crippen molar-refractivity contribution in [3.05, 3.63) is 0 Å². The van der Waals surface area contributed by atoms with Gasteiger partial charge in [0.2, 0.25) is 0 Å². The smallest absolute Gasteiger partial charge is 0.0203 e. The fourth-order valence-electron chi connectivity index (χ4n) is 2.21. The van der Waals surface area contributed by atoms with Crippen LogP contribution in [0.1, 0.15) is 53.4 Å². The molecule has 0 unspecified atom stereocenters. The second kappa shape index (κ2) is 5.44. The van der Waals surface area contributed by atoms with Gasteiger partial charge in [0, 0.05) is 11.8 Å². The van der Waals surface area contributed by atoms with Crippen molar-refractivity contribution in [2.75, 3.05) is 0 Å². The Hall–Kier alpha value is -0.440. The minimum absolute atomic E-state index is 0.540. The lowest BCUT2D eigenvalue weighted by atomic mass is 9.77. The minimum atomic E-state index is 0.540. The summed E-state index contributed by atoms with van der Waals surface area (Å²) in [6.45, 7) is 9.05. The van der Waals surface area contributed by atoms with E-state index in [-0.39, 0.29) is 0 Å². The zero-order chi connectivity index (χ0) is 10.6. The van der Waals surface area contributed by atoms with Gasteiger partial charge in [-0.15, -0.1) is 5.92 Å². The van der Waals surface area contributed by atoms with E-state index >= 15 is 0 Å². The molecule has 0 atom stereocenters. The van der Waals surface area contributed by atoms with Crippen LogP contribution in [0, 0.1) is 35.5 Å². The highest BCUT2D eigenvalue weighted by molar-refractivity contribution is 5.06. The number of hydrogen-bond acceptors (Lipinski definition) is 0. The molecule has 1 fully saturated rings. The second-order valence-electron chi connectivity index (χ2n) is 5.30. The molecule has 1 rings (SSSR count). The summed E-state index contributed by atoms with van der Waals surface area (Å²) in [6, 6.07) is 0. The SMILES string of the molecule is CC(C)C#CC1CCC(C(C)C)CC1. The lowest BCUT2D eigenvalue weighted by Gasteiger charge is -2.28. The van der Waals surface area contributed by atoms with E-state index in [4.69, 9.17) is 0 Å². The molecule has 1 aliphatic carbocycles. The number of hydrogen-bond donors (Lipinski definition) is 0. The fourth-order valence-corrected chi connectivity index (χ4v) is 2.21. The molecule has 0 aliphatic heterocycles. The Kier molecular flexibility index (Phi) is 4.52. The van der Waals surface area contributed by atoms with Crippen LogP contribution in [0.2, 0.25) is 0 Å². The van der Waals surface area contributed by atoms with Gasteiger partial charge in [-0.05, 0) is 37.5 Å². The Morgan fingerprint density at radius 3 is 1.93 bits per heavy atom. The molecule has 1 aliphatic rings. The van der Waals surface area contributed by atoms with E-state index in [0.29, 0.717) is 11.8 Å². The molecule has 0 N–H and O–H groups in total. The standard InChI is InChI=1S/C14H24/c1-11(2)5-6-13-7-9-14(10-8-13)12(3)4/h11-14H,7-10H2,1-4H3. The second-order valence-corrected chi connectivity index (χ2v) is 5.30. The summed E-state index contributed by atoms with van der Waals surface area (Å²) in [7, 11) is 0. The van der Waals surface area contributed by atoms with E-state index in [9.17, 15) is 0 Å². The molecule has 0 aromatic rings. The Morgan fingerprint density at radius 2 is 1.50 bits per heavy atom. The van der Waals surface area contributed by atoms with Crippen LogP contribution in [0.4, 0.5) is 0 Å². The van der Waals surface area contributed by atoms with Gasteiger partial charge >= 0.3 is 0 Å². The largest absolute Gasteiger partial charge is 0.100 e. The molecule has 0 radical (unpaired) electrons. The maximum atomic E-state index is 3.43. The Bertz CT molecular complexity index is 206. The summed E-state index contributed by atoms with van der Waals surface area (Å²) in [6.07, 6.45) is 5.47. The normalized spacial score (nSPS) is 27.6. The van der Waals surface area contributed by atoms with Crippen LogP contribution >= 0.6 is 0 Å². The molecule has 0 heterocycles. The van der Waals surface area contributed by atoms with E-state index in [1.807, 2.05) is 0 Å². The van der Waals surface area contributed by atoms with Crippen LogP contribution < -0.4 is 0 Å². The monoisotopic (exact) mass is 192 g/mol. The van der Waals surface area contributed by atoms with Crippen LogP contribution in [-0.4, -0.2) is 0 Å². The lowest BCUT2D eigenvalue weighted by Crippen LogP contribution is -2.17. The van der Waals surface area contributed by atoms with Crippen LogP contribution in [0.25, 0.3) is 0 Å². The Morgan fingerprint density at radius 1 is 0.929 bits per heavy atom. The van der Waals surface area contributed by atoms with Gasteiger partial charge in [0.05, 0.1) is 0 Å². The fraction of sp³-hybridized carbons (Fsp3) is 0.857. The first-order valence-corrected chi connectivity index (χ1v) is 6.10. The predicted molar refractivity (Wildman–Crippen MR) is 62.9 cm³/mol. The van der Waals surface area contributed by atoms with Crippen molar-refractivity contribution >= 4 is 0 Å². The first kappa shape index (κ1) is 11.6. The van der Waals surface area contributed by atoms with Gasteiger partial charge in [-0.3, -0.25) is 0 Å². The molecule has 0 bridgehead atoms. The highest BCUT2D eigenvalue weighted by Crippen LogP contribution is 2.32. The van der Waals surface area contributed by atoms with Gasteiger partial charge in [0.1, 0.15) is 0 Å². The van der Waals surface area contributed by atoms with Crippen molar-refractivity contribution < 1.29 is 0 Å². The quantitative estimate of drug-likeness (QED) is 0.548. The van der Waals surface area contributed by atoms with E-state index in [0.717, 1.165) is 11.8 Å². The van der Waals surface area contributed by atoms with Crippen LogP contribution in [-0.2, 0) is 0 Å². The lowest BCUT2D eigenvalue weighted by molar-refractivity contribution is 0.252. The van der Waals surface area contributed by atoms with Crippen molar-refractivity contribution in [1.29, 1.82) is 0 Å². The molecule has 0 aromatic carbocycles. The molecule has 0 heteroatoms. The molecular weight excluding hydrogens is 168 g/mol. The van der Waals surface area contributed by atoms with Crippen molar-refractivity contribution in [1.82, 2.24) is 0 Å².